The number of amides is 1. The maximum Gasteiger partial charge on any atom is 0.251 e. The van der Waals surface area contributed by atoms with Gasteiger partial charge in [-0.15, -0.1) is 0 Å². The van der Waals surface area contributed by atoms with Crippen LogP contribution in [-0.4, -0.2) is 47.1 Å². The smallest absolute Gasteiger partial charge is 0.251 e. The second-order valence-electron chi connectivity index (χ2n) is 5.54. The Kier molecular flexibility index (Phi) is 5.61. The van der Waals surface area contributed by atoms with Gasteiger partial charge in [0, 0.05) is 17.6 Å². The van der Waals surface area contributed by atoms with Gasteiger partial charge in [0.05, 0.1) is 7.11 Å². The summed E-state index contributed by atoms with van der Waals surface area (Å²) in [7, 11) is -1.00. The van der Waals surface area contributed by atoms with E-state index in [1.54, 1.807) is 6.07 Å². The van der Waals surface area contributed by atoms with Crippen LogP contribution < -0.4 is 20.1 Å². The molecule has 1 aromatic carbocycles. The molecule has 1 saturated heterocycles. The zero-order chi connectivity index (χ0) is 17.0. The molecule has 0 saturated carbocycles. The van der Waals surface area contributed by atoms with Gasteiger partial charge in [0.1, 0.15) is 10.6 Å². The molecular formula is C15H23N3O4S. The van der Waals surface area contributed by atoms with Gasteiger partial charge >= 0.3 is 0 Å². The third-order valence-corrected chi connectivity index (χ3v) is 5.50. The topological polar surface area (TPSA) is 96.5 Å². The first-order valence-corrected chi connectivity index (χ1v) is 9.03. The molecule has 1 aliphatic heterocycles. The van der Waals surface area contributed by atoms with Crippen LogP contribution >= 0.6 is 0 Å². The van der Waals surface area contributed by atoms with Gasteiger partial charge < -0.3 is 15.4 Å². The average molecular weight is 341 g/mol. The molecule has 1 fully saturated rings. The number of hydrogen-bond acceptors (Lipinski definition) is 5. The third-order valence-electron chi connectivity index (χ3n) is 4.06. The fourth-order valence-electron chi connectivity index (χ4n) is 2.63. The molecule has 0 aliphatic carbocycles. The van der Waals surface area contributed by atoms with Crippen LogP contribution in [0.3, 0.4) is 0 Å². The Balaban J connectivity index is 2.25. The molecule has 128 valence electrons. The van der Waals surface area contributed by atoms with Crippen molar-refractivity contribution in [3.63, 3.8) is 0 Å². The second kappa shape index (κ2) is 7.29. The summed E-state index contributed by atoms with van der Waals surface area (Å²) in [5, 5.41) is 6.27. The summed E-state index contributed by atoms with van der Waals surface area (Å²) in [5.74, 6) is -0.0932. The first kappa shape index (κ1) is 17.7. The zero-order valence-corrected chi connectivity index (χ0v) is 14.4. The van der Waals surface area contributed by atoms with Gasteiger partial charge in [0.2, 0.25) is 10.0 Å². The number of sulfonamides is 1. The van der Waals surface area contributed by atoms with E-state index >= 15 is 0 Å². The molecule has 2 unspecified atom stereocenters. The Hall–Kier alpha value is -1.64. The molecule has 1 heterocycles. The molecule has 1 aliphatic rings. The maximum absolute atomic E-state index is 12.4. The first-order chi connectivity index (χ1) is 10.9. The molecule has 8 heteroatoms. The SMILES string of the molecule is CNS(=O)(=O)c1cc(C(=O)NC2CCCNC2C)ccc1OC. The van der Waals surface area contributed by atoms with Crippen molar-refractivity contribution >= 4 is 15.9 Å². The van der Waals surface area contributed by atoms with Crippen LogP contribution in [0.1, 0.15) is 30.1 Å². The maximum atomic E-state index is 12.4. The molecule has 1 aromatic rings. The lowest BCUT2D eigenvalue weighted by Crippen LogP contribution is -2.51. The molecule has 7 nitrogen and oxygen atoms in total. The van der Waals surface area contributed by atoms with Gasteiger partial charge in [0.15, 0.2) is 0 Å². The van der Waals surface area contributed by atoms with Crippen LogP contribution in [0.2, 0.25) is 0 Å². The van der Waals surface area contributed by atoms with Crippen LogP contribution in [0.25, 0.3) is 0 Å². The van der Waals surface area contributed by atoms with E-state index in [2.05, 4.69) is 15.4 Å². The lowest BCUT2D eigenvalue weighted by molar-refractivity contribution is 0.0919. The Bertz CT molecular complexity index is 675. The molecule has 3 N–H and O–H groups in total. The largest absolute Gasteiger partial charge is 0.495 e. The van der Waals surface area contributed by atoms with Gasteiger partial charge in [-0.3, -0.25) is 4.79 Å². The number of carbonyl (C=O) groups excluding carboxylic acids is 1. The molecule has 2 atom stereocenters. The van der Waals surface area contributed by atoms with Crippen molar-refractivity contribution in [1.82, 2.24) is 15.4 Å². The van der Waals surface area contributed by atoms with Crippen LogP contribution in [0, 0.1) is 0 Å². The number of piperidine rings is 1. The highest BCUT2D eigenvalue weighted by molar-refractivity contribution is 7.89. The molecular weight excluding hydrogens is 318 g/mol. The first-order valence-electron chi connectivity index (χ1n) is 7.55. The number of carbonyl (C=O) groups is 1. The van der Waals surface area contributed by atoms with Crippen molar-refractivity contribution in [3.05, 3.63) is 23.8 Å². The monoisotopic (exact) mass is 341 g/mol. The van der Waals surface area contributed by atoms with E-state index < -0.39 is 10.0 Å². The summed E-state index contributed by atoms with van der Waals surface area (Å²) in [6.45, 7) is 2.97. The van der Waals surface area contributed by atoms with Crippen molar-refractivity contribution in [3.8, 4) is 5.75 Å². The van der Waals surface area contributed by atoms with E-state index in [1.807, 2.05) is 6.92 Å². The van der Waals surface area contributed by atoms with Crippen LogP contribution in [-0.2, 0) is 10.0 Å². The summed E-state index contributed by atoms with van der Waals surface area (Å²) in [6.07, 6.45) is 1.90. The molecule has 0 bridgehead atoms. The van der Waals surface area contributed by atoms with Crippen molar-refractivity contribution in [2.45, 2.75) is 36.7 Å². The normalized spacial score (nSPS) is 21.7. The lowest BCUT2D eigenvalue weighted by atomic mass is 9.99. The second-order valence-corrected chi connectivity index (χ2v) is 7.39. The molecule has 1 amide bonds. The average Bonchev–Trinajstić information content (AvgIpc) is 2.56. The van der Waals surface area contributed by atoms with Crippen LogP contribution in [0.4, 0.5) is 0 Å². The highest BCUT2D eigenvalue weighted by Gasteiger charge is 2.24. The summed E-state index contributed by atoms with van der Waals surface area (Å²) in [4.78, 5) is 12.4. The number of nitrogens with one attached hydrogen (secondary N) is 3. The number of benzene rings is 1. The van der Waals surface area contributed by atoms with Gasteiger partial charge in [-0.2, -0.15) is 0 Å². The molecule has 2 rings (SSSR count). The van der Waals surface area contributed by atoms with E-state index in [4.69, 9.17) is 4.74 Å². The minimum absolute atomic E-state index is 0.0303. The lowest BCUT2D eigenvalue weighted by Gasteiger charge is -2.30. The predicted molar refractivity (Wildman–Crippen MR) is 87.2 cm³/mol. The number of ether oxygens (including phenoxy) is 1. The number of hydrogen-bond donors (Lipinski definition) is 3. The summed E-state index contributed by atoms with van der Waals surface area (Å²) < 4.78 is 31.4. The van der Waals surface area contributed by atoms with Crippen molar-refractivity contribution in [1.29, 1.82) is 0 Å². The third kappa shape index (κ3) is 4.01. The fourth-order valence-corrected chi connectivity index (χ4v) is 3.55. The zero-order valence-electron chi connectivity index (χ0n) is 13.5. The van der Waals surface area contributed by atoms with Crippen molar-refractivity contribution in [2.24, 2.45) is 0 Å². The predicted octanol–water partition coefficient (Wildman–Crippen LogP) is 0.474. The van der Waals surface area contributed by atoms with Gasteiger partial charge in [0.25, 0.3) is 5.91 Å². The van der Waals surface area contributed by atoms with E-state index in [0.717, 1.165) is 19.4 Å². The van der Waals surface area contributed by atoms with E-state index in [0.29, 0.717) is 0 Å². The van der Waals surface area contributed by atoms with E-state index in [1.165, 1.54) is 26.3 Å². The highest BCUT2D eigenvalue weighted by Crippen LogP contribution is 2.24. The van der Waals surface area contributed by atoms with E-state index in [9.17, 15) is 13.2 Å². The molecule has 23 heavy (non-hydrogen) atoms. The minimum atomic E-state index is -3.71. The Morgan fingerprint density at radius 3 is 2.74 bits per heavy atom. The minimum Gasteiger partial charge on any atom is -0.495 e. The summed E-state index contributed by atoms with van der Waals surface area (Å²) in [5.41, 5.74) is 0.289. The van der Waals surface area contributed by atoms with Gasteiger partial charge in [-0.1, -0.05) is 0 Å². The molecule has 0 radical (unpaired) electrons. The van der Waals surface area contributed by atoms with Gasteiger partial charge in [-0.05, 0) is 51.6 Å². The fraction of sp³-hybridized carbons (Fsp3) is 0.533. The standard InChI is InChI=1S/C15H23N3O4S/c1-10-12(5-4-8-17-10)18-15(19)11-6-7-13(22-3)14(9-11)23(20,21)16-2/h6-7,9-10,12,16-17H,4-5,8H2,1-3H3,(H,18,19). The van der Waals surface area contributed by atoms with Gasteiger partial charge in [-0.25, -0.2) is 13.1 Å². The highest BCUT2D eigenvalue weighted by atomic mass is 32.2. The van der Waals surface area contributed by atoms with Crippen LogP contribution in [0.15, 0.2) is 23.1 Å². The number of methoxy groups -OCH3 is 1. The molecule has 0 spiro atoms. The number of rotatable bonds is 5. The summed E-state index contributed by atoms with van der Waals surface area (Å²) >= 11 is 0. The molecule has 0 aromatic heterocycles. The van der Waals surface area contributed by atoms with E-state index in [-0.39, 0.29) is 34.2 Å². The Morgan fingerprint density at radius 2 is 2.13 bits per heavy atom. The van der Waals surface area contributed by atoms with Crippen LogP contribution in [0.5, 0.6) is 5.75 Å². The van der Waals surface area contributed by atoms with Crippen molar-refractivity contribution in [2.75, 3.05) is 20.7 Å². The Morgan fingerprint density at radius 1 is 1.39 bits per heavy atom. The van der Waals surface area contributed by atoms with Crippen molar-refractivity contribution < 1.29 is 17.9 Å². The summed E-state index contributed by atoms with van der Waals surface area (Å²) in [6, 6.07) is 4.60. The quantitative estimate of drug-likeness (QED) is 0.724. The Labute approximate surface area is 136 Å².